The highest BCUT2D eigenvalue weighted by Gasteiger charge is 2.16. The predicted octanol–water partition coefficient (Wildman–Crippen LogP) is 3.80. The van der Waals surface area contributed by atoms with E-state index < -0.39 is 5.91 Å². The Bertz CT molecular complexity index is 993. The first-order valence-electron chi connectivity index (χ1n) is 8.69. The molecular formula is C20H20N4O3. The van der Waals surface area contributed by atoms with Crippen molar-refractivity contribution < 1.29 is 14.7 Å². The first-order valence-corrected chi connectivity index (χ1v) is 8.69. The number of para-hydroxylation sites is 1. The van der Waals surface area contributed by atoms with Gasteiger partial charge in [-0.3, -0.25) is 9.59 Å². The van der Waals surface area contributed by atoms with E-state index in [0.29, 0.717) is 17.5 Å². The molecule has 138 valence electrons. The summed E-state index contributed by atoms with van der Waals surface area (Å²) in [5, 5.41) is 21.3. The summed E-state index contributed by atoms with van der Waals surface area (Å²) in [4.78, 5) is 23.9. The molecule has 0 saturated heterocycles. The zero-order chi connectivity index (χ0) is 19.2. The summed E-state index contributed by atoms with van der Waals surface area (Å²) in [5.41, 5.74) is 1.54. The molecule has 0 unspecified atom stereocenters. The maximum Gasteiger partial charge on any atom is 0.283 e. The van der Waals surface area contributed by atoms with E-state index >= 15 is 0 Å². The Kier molecular flexibility index (Phi) is 5.61. The van der Waals surface area contributed by atoms with Gasteiger partial charge in [0, 0.05) is 17.5 Å². The van der Waals surface area contributed by atoms with E-state index in [2.05, 4.69) is 15.5 Å². The summed E-state index contributed by atoms with van der Waals surface area (Å²) in [6.07, 6.45) is 0.841. The largest absolute Gasteiger partial charge is 0.493 e. The monoisotopic (exact) mass is 364 g/mol. The Morgan fingerprint density at radius 3 is 2.52 bits per heavy atom. The van der Waals surface area contributed by atoms with Crippen LogP contribution in [-0.4, -0.2) is 28.0 Å². The molecule has 0 aliphatic carbocycles. The fourth-order valence-electron chi connectivity index (χ4n) is 2.81. The number of carbonyl (C=O) groups excluding carboxylic acids is 2. The zero-order valence-corrected chi connectivity index (χ0v) is 14.9. The average Bonchev–Trinajstić information content (AvgIpc) is 2.97. The van der Waals surface area contributed by atoms with E-state index in [1.807, 2.05) is 31.2 Å². The molecule has 0 aliphatic rings. The minimum Gasteiger partial charge on any atom is -0.493 e. The molecule has 0 saturated carbocycles. The van der Waals surface area contributed by atoms with Gasteiger partial charge in [0.25, 0.3) is 11.8 Å². The second-order valence-corrected chi connectivity index (χ2v) is 5.98. The number of aryl methyl sites for hydroxylation is 1. The highest BCUT2D eigenvalue weighted by Crippen LogP contribution is 2.38. The highest BCUT2D eigenvalue weighted by atomic mass is 16.3. The SMILES string of the molecule is CCCn1c(O)c(N=NC(=O)CNC(=O)c2ccccc2)c2ccccc21. The van der Waals surface area contributed by atoms with Crippen molar-refractivity contribution in [3.05, 3.63) is 60.2 Å². The third-order valence-corrected chi connectivity index (χ3v) is 4.06. The topological polar surface area (TPSA) is 96.0 Å². The molecular weight excluding hydrogens is 344 g/mol. The minimum absolute atomic E-state index is 0.0251. The summed E-state index contributed by atoms with van der Waals surface area (Å²) >= 11 is 0. The van der Waals surface area contributed by atoms with Crippen LogP contribution in [0.25, 0.3) is 10.9 Å². The third kappa shape index (κ3) is 4.03. The molecule has 0 fully saturated rings. The van der Waals surface area contributed by atoms with Gasteiger partial charge in [0.05, 0.1) is 5.52 Å². The zero-order valence-electron chi connectivity index (χ0n) is 14.9. The summed E-state index contributed by atoms with van der Waals surface area (Å²) in [6, 6.07) is 16.0. The van der Waals surface area contributed by atoms with Crippen LogP contribution in [0, 0.1) is 0 Å². The van der Waals surface area contributed by atoms with Gasteiger partial charge in [-0.1, -0.05) is 43.3 Å². The number of benzene rings is 2. The van der Waals surface area contributed by atoms with Crippen LogP contribution in [0.2, 0.25) is 0 Å². The van der Waals surface area contributed by atoms with Gasteiger partial charge in [-0.2, -0.15) is 0 Å². The molecule has 2 aromatic carbocycles. The van der Waals surface area contributed by atoms with Crippen LogP contribution in [0.5, 0.6) is 5.88 Å². The number of amides is 2. The molecule has 0 spiro atoms. The van der Waals surface area contributed by atoms with E-state index in [0.717, 1.165) is 11.9 Å². The Balaban J connectivity index is 1.73. The first-order chi connectivity index (χ1) is 13.1. The van der Waals surface area contributed by atoms with Crippen molar-refractivity contribution in [2.24, 2.45) is 10.2 Å². The molecule has 0 radical (unpaired) electrons. The molecule has 0 atom stereocenters. The van der Waals surface area contributed by atoms with Crippen LogP contribution in [0.3, 0.4) is 0 Å². The Labute approximate surface area is 156 Å². The lowest BCUT2D eigenvalue weighted by molar-refractivity contribution is -0.117. The molecule has 3 rings (SSSR count). The van der Waals surface area contributed by atoms with Crippen molar-refractivity contribution >= 4 is 28.4 Å². The van der Waals surface area contributed by atoms with Gasteiger partial charge in [0.2, 0.25) is 5.88 Å². The number of azo groups is 1. The molecule has 27 heavy (non-hydrogen) atoms. The Morgan fingerprint density at radius 1 is 1.07 bits per heavy atom. The molecule has 0 aliphatic heterocycles. The fourth-order valence-corrected chi connectivity index (χ4v) is 2.81. The normalized spacial score (nSPS) is 11.1. The van der Waals surface area contributed by atoms with Gasteiger partial charge in [0.15, 0.2) is 5.69 Å². The van der Waals surface area contributed by atoms with Gasteiger partial charge in [-0.25, -0.2) is 0 Å². The molecule has 3 aromatic rings. The maximum atomic E-state index is 12.0. The lowest BCUT2D eigenvalue weighted by atomic mass is 10.2. The van der Waals surface area contributed by atoms with Crippen molar-refractivity contribution in [3.8, 4) is 5.88 Å². The third-order valence-electron chi connectivity index (χ3n) is 4.06. The second kappa shape index (κ2) is 8.27. The molecule has 0 bridgehead atoms. The quantitative estimate of drug-likeness (QED) is 0.651. The average molecular weight is 364 g/mol. The number of nitrogens with zero attached hydrogens (tertiary/aromatic N) is 3. The fraction of sp³-hybridized carbons (Fsp3) is 0.200. The van der Waals surface area contributed by atoms with Gasteiger partial charge in [-0.05, 0) is 24.6 Å². The Hall–Kier alpha value is -3.48. The van der Waals surface area contributed by atoms with Crippen molar-refractivity contribution in [3.63, 3.8) is 0 Å². The summed E-state index contributed by atoms with van der Waals surface area (Å²) in [6.45, 7) is 2.36. The summed E-state index contributed by atoms with van der Waals surface area (Å²) < 4.78 is 1.74. The van der Waals surface area contributed by atoms with E-state index in [-0.39, 0.29) is 24.0 Å². The highest BCUT2D eigenvalue weighted by molar-refractivity contribution is 5.97. The molecule has 2 N–H and O–H groups in total. The molecule has 7 heteroatoms. The van der Waals surface area contributed by atoms with E-state index in [4.69, 9.17) is 0 Å². The van der Waals surface area contributed by atoms with Gasteiger partial charge in [-0.15, -0.1) is 10.2 Å². The predicted molar refractivity (Wildman–Crippen MR) is 102 cm³/mol. The number of nitrogens with one attached hydrogen (secondary N) is 1. The van der Waals surface area contributed by atoms with Crippen LogP contribution in [0.1, 0.15) is 23.7 Å². The maximum absolute atomic E-state index is 12.0. The van der Waals surface area contributed by atoms with Crippen molar-refractivity contribution in [1.29, 1.82) is 0 Å². The van der Waals surface area contributed by atoms with Crippen LogP contribution in [0.4, 0.5) is 5.69 Å². The van der Waals surface area contributed by atoms with E-state index in [1.165, 1.54) is 0 Å². The van der Waals surface area contributed by atoms with E-state index in [1.54, 1.807) is 34.9 Å². The van der Waals surface area contributed by atoms with Crippen molar-refractivity contribution in [2.45, 2.75) is 19.9 Å². The smallest absolute Gasteiger partial charge is 0.283 e. The number of carbonyl (C=O) groups is 2. The van der Waals surface area contributed by atoms with Crippen LogP contribution < -0.4 is 5.32 Å². The Morgan fingerprint density at radius 2 is 1.78 bits per heavy atom. The van der Waals surface area contributed by atoms with Crippen LogP contribution >= 0.6 is 0 Å². The van der Waals surface area contributed by atoms with Gasteiger partial charge < -0.3 is 15.0 Å². The van der Waals surface area contributed by atoms with Gasteiger partial charge >= 0.3 is 0 Å². The molecule has 2 amide bonds. The number of aromatic nitrogens is 1. The van der Waals surface area contributed by atoms with E-state index in [9.17, 15) is 14.7 Å². The number of hydrogen-bond donors (Lipinski definition) is 2. The number of aromatic hydroxyl groups is 1. The summed E-state index contributed by atoms with van der Waals surface area (Å²) in [5.74, 6) is -0.990. The molecule has 1 aromatic heterocycles. The number of hydrogen-bond acceptors (Lipinski definition) is 4. The van der Waals surface area contributed by atoms with Crippen molar-refractivity contribution in [1.82, 2.24) is 9.88 Å². The first kappa shape index (κ1) is 18.3. The lowest BCUT2D eigenvalue weighted by Gasteiger charge is -2.03. The number of fused-ring (bicyclic) bond motifs is 1. The van der Waals surface area contributed by atoms with Crippen molar-refractivity contribution in [2.75, 3.05) is 6.54 Å². The molecule has 1 heterocycles. The standard InChI is InChI=1S/C20H20N4O3/c1-2-12-24-16-11-7-6-10-15(16)18(20(24)27)23-22-17(25)13-21-19(26)14-8-4-3-5-9-14/h3-11,27H,2,12-13H2,1H3,(H,21,26). The lowest BCUT2D eigenvalue weighted by Crippen LogP contribution is -2.28. The minimum atomic E-state index is -0.606. The molecule has 7 nitrogen and oxygen atoms in total. The van der Waals surface area contributed by atoms with Crippen LogP contribution in [0.15, 0.2) is 64.8 Å². The van der Waals surface area contributed by atoms with Crippen LogP contribution in [-0.2, 0) is 11.3 Å². The van der Waals surface area contributed by atoms with Gasteiger partial charge in [0.1, 0.15) is 6.54 Å². The summed E-state index contributed by atoms with van der Waals surface area (Å²) in [7, 11) is 0. The second-order valence-electron chi connectivity index (χ2n) is 5.98. The number of rotatable bonds is 6.